The van der Waals surface area contributed by atoms with E-state index in [1.807, 2.05) is 0 Å². The quantitative estimate of drug-likeness (QED) is 0.170. The highest BCUT2D eigenvalue weighted by atomic mass is 14.9. The fraction of sp³-hybridized carbons (Fsp3) is 0. The van der Waals surface area contributed by atoms with Gasteiger partial charge in [-0.2, -0.15) is 0 Å². The van der Waals surface area contributed by atoms with Gasteiger partial charge in [0.15, 0.2) is 0 Å². The molecule has 0 radical (unpaired) electrons. The zero-order valence-corrected chi connectivity index (χ0v) is 26.5. The molecule has 0 aliphatic carbocycles. The summed E-state index contributed by atoms with van der Waals surface area (Å²) in [6.45, 7) is 0. The van der Waals surface area contributed by atoms with Gasteiger partial charge in [0.05, 0.1) is 16.6 Å². The minimum atomic E-state index is 1.23. The minimum absolute atomic E-state index is 1.23. The van der Waals surface area contributed by atoms with Crippen LogP contribution in [0.1, 0.15) is 0 Å². The Morgan fingerprint density at radius 2 is 0.776 bits per heavy atom. The first-order chi connectivity index (χ1) is 24.3. The van der Waals surface area contributed by atoms with Crippen molar-refractivity contribution in [3.63, 3.8) is 0 Å². The Hall–Kier alpha value is -6.44. The van der Waals surface area contributed by atoms with Crippen molar-refractivity contribution in [2.75, 3.05) is 0 Å². The Bertz CT molecular complexity index is 3290. The summed E-state index contributed by atoms with van der Waals surface area (Å²) in [7, 11) is 0. The molecule has 0 N–H and O–H groups in total. The largest absolute Gasteiger partial charge is 0.308 e. The highest BCUT2D eigenvalue weighted by molar-refractivity contribution is 6.41. The van der Waals surface area contributed by atoms with Gasteiger partial charge in [0.2, 0.25) is 0 Å². The van der Waals surface area contributed by atoms with E-state index in [0.29, 0.717) is 0 Å². The first kappa shape index (κ1) is 25.6. The van der Waals surface area contributed by atoms with Gasteiger partial charge in [0.25, 0.3) is 0 Å². The summed E-state index contributed by atoms with van der Waals surface area (Å²) in [6.07, 6.45) is 0. The highest BCUT2D eigenvalue weighted by Gasteiger charge is 2.25. The van der Waals surface area contributed by atoms with Gasteiger partial charge in [-0.05, 0) is 101 Å². The summed E-state index contributed by atoms with van der Waals surface area (Å²) < 4.78 is 2.51. The third kappa shape index (κ3) is 3.20. The molecule has 0 saturated carbocycles. The third-order valence-corrected chi connectivity index (χ3v) is 11.2. The van der Waals surface area contributed by atoms with Crippen LogP contribution < -0.4 is 0 Å². The smallest absolute Gasteiger partial charge is 0.0627 e. The Morgan fingerprint density at radius 1 is 0.265 bits per heavy atom. The number of hydrogen-bond acceptors (Lipinski definition) is 0. The summed E-state index contributed by atoms with van der Waals surface area (Å²) in [5.41, 5.74) is 8.89. The number of fused-ring (bicyclic) bond motifs is 13. The van der Waals surface area contributed by atoms with Crippen LogP contribution in [0.25, 0.3) is 114 Å². The van der Waals surface area contributed by atoms with E-state index in [2.05, 4.69) is 168 Å². The van der Waals surface area contributed by atoms with Crippen LogP contribution in [0.4, 0.5) is 0 Å². The summed E-state index contributed by atoms with van der Waals surface area (Å²) in [5, 5.41) is 18.5. The number of hydrogen-bond donors (Lipinski definition) is 0. The van der Waals surface area contributed by atoms with Crippen molar-refractivity contribution < 1.29 is 0 Å². The van der Waals surface area contributed by atoms with E-state index in [9.17, 15) is 0 Å². The second kappa shape index (κ2) is 9.13. The average Bonchev–Trinajstić information content (AvgIpc) is 3.70. The van der Waals surface area contributed by atoms with Gasteiger partial charge in [-0.3, -0.25) is 0 Å². The molecule has 12 aromatic rings. The van der Waals surface area contributed by atoms with Gasteiger partial charge >= 0.3 is 0 Å². The molecule has 0 spiro atoms. The van der Waals surface area contributed by atoms with E-state index in [1.54, 1.807) is 0 Å². The molecule has 0 amide bonds. The zero-order valence-electron chi connectivity index (χ0n) is 26.5. The van der Waals surface area contributed by atoms with E-state index in [4.69, 9.17) is 0 Å². The van der Waals surface area contributed by atoms with Gasteiger partial charge < -0.3 is 4.40 Å². The van der Waals surface area contributed by atoms with Gasteiger partial charge in [-0.15, -0.1) is 0 Å². The second-order valence-electron chi connectivity index (χ2n) is 13.6. The topological polar surface area (TPSA) is 4.41 Å². The minimum Gasteiger partial charge on any atom is -0.308 e. The molecule has 2 heterocycles. The molecule has 224 valence electrons. The Balaban J connectivity index is 1.18. The zero-order chi connectivity index (χ0) is 31.8. The first-order valence-electron chi connectivity index (χ1n) is 17.1. The van der Waals surface area contributed by atoms with E-state index in [-0.39, 0.29) is 0 Å². The van der Waals surface area contributed by atoms with Crippen LogP contribution in [-0.4, -0.2) is 4.40 Å². The normalized spacial score (nSPS) is 12.5. The predicted octanol–water partition coefficient (Wildman–Crippen LogP) is 13.4. The van der Waals surface area contributed by atoms with Gasteiger partial charge in [-0.1, -0.05) is 133 Å². The maximum absolute atomic E-state index is 2.51. The van der Waals surface area contributed by atoms with Crippen molar-refractivity contribution in [1.29, 1.82) is 0 Å². The van der Waals surface area contributed by atoms with E-state index in [1.165, 1.54) is 114 Å². The molecule has 0 aliphatic rings. The molecule has 49 heavy (non-hydrogen) atoms. The molecule has 0 aliphatic heterocycles. The number of aromatic nitrogens is 1. The molecule has 1 heteroatoms. The van der Waals surface area contributed by atoms with Crippen molar-refractivity contribution in [2.45, 2.75) is 0 Å². The molecular formula is C48H27N. The Kier molecular flexibility index (Phi) is 4.77. The van der Waals surface area contributed by atoms with Crippen molar-refractivity contribution in [1.82, 2.24) is 4.40 Å². The van der Waals surface area contributed by atoms with Crippen LogP contribution in [0.5, 0.6) is 0 Å². The lowest BCUT2D eigenvalue weighted by molar-refractivity contribution is 1.37. The molecule has 1 nitrogen and oxygen atoms in total. The van der Waals surface area contributed by atoms with Gasteiger partial charge in [-0.25, -0.2) is 0 Å². The Labute approximate surface area is 281 Å². The highest BCUT2D eigenvalue weighted by Crippen LogP contribution is 2.50. The van der Waals surface area contributed by atoms with Crippen molar-refractivity contribution in [2.24, 2.45) is 0 Å². The maximum Gasteiger partial charge on any atom is 0.0627 e. The molecule has 10 aromatic carbocycles. The van der Waals surface area contributed by atoms with Crippen LogP contribution in [0.2, 0.25) is 0 Å². The molecule has 12 rings (SSSR count). The van der Waals surface area contributed by atoms with Gasteiger partial charge in [0.1, 0.15) is 0 Å². The second-order valence-corrected chi connectivity index (χ2v) is 13.6. The summed E-state index contributed by atoms with van der Waals surface area (Å²) >= 11 is 0. The van der Waals surface area contributed by atoms with Crippen molar-refractivity contribution in [3.8, 4) is 22.3 Å². The van der Waals surface area contributed by atoms with Crippen LogP contribution in [-0.2, 0) is 0 Å². The van der Waals surface area contributed by atoms with Crippen LogP contribution >= 0.6 is 0 Å². The molecule has 0 atom stereocenters. The first-order valence-corrected chi connectivity index (χ1v) is 17.1. The van der Waals surface area contributed by atoms with Crippen LogP contribution in [0.3, 0.4) is 0 Å². The SMILES string of the molecule is c1cc(-c2ccc3c4ccccc4c4ccccc4c3c2)cc(-c2cc3c4ccccc4n4c5cccc6c7ccccc7c2c(c65)c34)c1. The van der Waals surface area contributed by atoms with E-state index >= 15 is 0 Å². The molecule has 0 saturated heterocycles. The lowest BCUT2D eigenvalue weighted by Crippen LogP contribution is -1.88. The van der Waals surface area contributed by atoms with Crippen molar-refractivity contribution >= 4 is 92.0 Å². The molecule has 0 unspecified atom stereocenters. The van der Waals surface area contributed by atoms with Crippen LogP contribution in [0, 0.1) is 0 Å². The number of nitrogens with zero attached hydrogens (tertiary/aromatic N) is 1. The lowest BCUT2D eigenvalue weighted by atomic mass is 9.87. The van der Waals surface area contributed by atoms with Gasteiger partial charge in [0, 0.05) is 26.9 Å². The fourth-order valence-electron chi connectivity index (χ4n) is 9.23. The molecule has 0 fully saturated rings. The molecule has 0 bridgehead atoms. The van der Waals surface area contributed by atoms with E-state index < -0.39 is 0 Å². The number of rotatable bonds is 2. The average molecular weight is 618 g/mol. The van der Waals surface area contributed by atoms with E-state index in [0.717, 1.165) is 0 Å². The Morgan fingerprint density at radius 3 is 1.53 bits per heavy atom. The summed E-state index contributed by atoms with van der Waals surface area (Å²) in [6, 6.07) is 61.1. The fourth-order valence-corrected chi connectivity index (χ4v) is 9.23. The standard InChI is InChI=1S/C48H27N/c1-2-15-33-31(13-1)32-14-3-4-16-34(32)41-26-29(23-24-36(33)41)28-11-9-12-30(25-28)40-27-42-37-18-7-8-21-43(37)49-44-22-10-20-39-35-17-5-6-19-38(35)45(40)47(46(39)44)48(42)49/h1-27H. The van der Waals surface area contributed by atoms with Crippen molar-refractivity contribution in [3.05, 3.63) is 164 Å². The summed E-state index contributed by atoms with van der Waals surface area (Å²) in [5.74, 6) is 0. The third-order valence-electron chi connectivity index (χ3n) is 11.2. The molecular weight excluding hydrogens is 591 g/mol. The number of para-hydroxylation sites is 1. The monoisotopic (exact) mass is 617 g/mol. The van der Waals surface area contributed by atoms with Crippen LogP contribution in [0.15, 0.2) is 164 Å². The predicted molar refractivity (Wildman–Crippen MR) is 211 cm³/mol. The molecule has 2 aromatic heterocycles. The number of benzene rings is 10. The lowest BCUT2D eigenvalue weighted by Gasteiger charge is -2.15. The summed E-state index contributed by atoms with van der Waals surface area (Å²) in [4.78, 5) is 0. The maximum atomic E-state index is 2.51.